The van der Waals surface area contributed by atoms with Crippen LogP contribution in [0.1, 0.15) is 37.7 Å². The van der Waals surface area contributed by atoms with Gasteiger partial charge >= 0.3 is 6.09 Å². The minimum absolute atomic E-state index is 0.293. The molecule has 0 spiro atoms. The predicted octanol–water partition coefficient (Wildman–Crippen LogP) is 4.22. The van der Waals surface area contributed by atoms with Crippen molar-refractivity contribution in [3.63, 3.8) is 0 Å². The number of likely N-dealkylation sites (tertiary alicyclic amines) is 1. The van der Waals surface area contributed by atoms with Crippen LogP contribution >= 0.6 is 0 Å². The molecule has 172 valence electrons. The number of nitrogens with one attached hydrogen (secondary N) is 1. The van der Waals surface area contributed by atoms with Gasteiger partial charge in [-0.3, -0.25) is 0 Å². The zero-order chi connectivity index (χ0) is 22.6. The van der Waals surface area contributed by atoms with Crippen LogP contribution in [0.25, 0.3) is 11.1 Å². The maximum Gasteiger partial charge on any atom is 0.410 e. The van der Waals surface area contributed by atoms with Gasteiger partial charge in [0.15, 0.2) is 0 Å². The zero-order valence-corrected chi connectivity index (χ0v) is 19.4. The standard InChI is InChI=1S/C25H32N2O4S/c1-32(29,30)26-23-14-7-15-27(25(28)31-18-19-8-5-9-19)24(23)17-20-10-6-13-22(16-20)21-11-3-2-4-12-21/h2-4,6,10-13,16,19,23-24,26H,5,7-9,14-15,17-18H2,1H3. The molecule has 1 heterocycles. The number of nitrogens with zero attached hydrogens (tertiary/aromatic N) is 1. The lowest BCUT2D eigenvalue weighted by atomic mass is 9.86. The highest BCUT2D eigenvalue weighted by Crippen LogP contribution is 2.28. The van der Waals surface area contributed by atoms with Crippen LogP contribution in [0, 0.1) is 5.92 Å². The largest absolute Gasteiger partial charge is 0.449 e. The summed E-state index contributed by atoms with van der Waals surface area (Å²) in [6, 6.07) is 17.8. The van der Waals surface area contributed by atoms with Crippen molar-refractivity contribution in [2.75, 3.05) is 19.4 Å². The highest BCUT2D eigenvalue weighted by Gasteiger charge is 2.37. The second kappa shape index (κ2) is 10.0. The van der Waals surface area contributed by atoms with Crippen LogP contribution in [0.4, 0.5) is 4.79 Å². The van der Waals surface area contributed by atoms with Crippen LogP contribution in [0.5, 0.6) is 0 Å². The van der Waals surface area contributed by atoms with E-state index in [0.717, 1.165) is 36.0 Å². The van der Waals surface area contributed by atoms with E-state index in [-0.39, 0.29) is 18.2 Å². The summed E-state index contributed by atoms with van der Waals surface area (Å²) >= 11 is 0. The smallest absolute Gasteiger partial charge is 0.410 e. The predicted molar refractivity (Wildman–Crippen MR) is 126 cm³/mol. The van der Waals surface area contributed by atoms with Crippen molar-refractivity contribution in [3.05, 3.63) is 60.2 Å². The van der Waals surface area contributed by atoms with Crippen molar-refractivity contribution in [1.29, 1.82) is 0 Å². The molecule has 0 aromatic heterocycles. The second-order valence-corrected chi connectivity index (χ2v) is 10.8. The minimum Gasteiger partial charge on any atom is -0.449 e. The van der Waals surface area contributed by atoms with Crippen molar-refractivity contribution in [2.45, 2.75) is 50.6 Å². The Bertz CT molecular complexity index is 1020. The number of amides is 1. The first kappa shape index (κ1) is 22.8. The van der Waals surface area contributed by atoms with E-state index in [1.54, 1.807) is 4.90 Å². The molecule has 4 rings (SSSR count). The quantitative estimate of drug-likeness (QED) is 0.677. The van der Waals surface area contributed by atoms with Crippen LogP contribution in [-0.4, -0.2) is 50.9 Å². The lowest BCUT2D eigenvalue weighted by Crippen LogP contribution is -2.58. The second-order valence-electron chi connectivity index (χ2n) is 9.04. The van der Waals surface area contributed by atoms with Gasteiger partial charge in [-0.05, 0) is 54.7 Å². The number of ether oxygens (including phenoxy) is 1. The van der Waals surface area contributed by atoms with Gasteiger partial charge in [-0.1, -0.05) is 61.0 Å². The van der Waals surface area contributed by atoms with E-state index >= 15 is 0 Å². The highest BCUT2D eigenvalue weighted by atomic mass is 32.2. The third-order valence-electron chi connectivity index (χ3n) is 6.53. The average molecular weight is 457 g/mol. The summed E-state index contributed by atoms with van der Waals surface area (Å²) in [6.07, 6.45) is 6.27. The topological polar surface area (TPSA) is 75.7 Å². The Labute approximate surface area is 191 Å². The fraction of sp³-hybridized carbons (Fsp3) is 0.480. The lowest BCUT2D eigenvalue weighted by Gasteiger charge is -2.41. The summed E-state index contributed by atoms with van der Waals surface area (Å²) in [5.41, 5.74) is 3.29. The van der Waals surface area contributed by atoms with Gasteiger partial charge in [-0.25, -0.2) is 17.9 Å². The number of rotatable bonds is 7. The molecule has 2 aromatic carbocycles. The molecule has 2 unspecified atom stereocenters. The number of piperidine rings is 1. The third kappa shape index (κ3) is 5.90. The molecule has 0 radical (unpaired) electrons. The monoisotopic (exact) mass is 456 g/mol. The van der Waals surface area contributed by atoms with Crippen molar-refractivity contribution < 1.29 is 17.9 Å². The Morgan fingerprint density at radius 2 is 1.78 bits per heavy atom. The molecule has 1 N–H and O–H groups in total. The van der Waals surface area contributed by atoms with E-state index < -0.39 is 10.0 Å². The fourth-order valence-electron chi connectivity index (χ4n) is 4.63. The average Bonchev–Trinajstić information content (AvgIpc) is 2.73. The first-order chi connectivity index (χ1) is 15.4. The maximum absolute atomic E-state index is 13.0. The normalized spacial score (nSPS) is 21.7. The number of hydrogen-bond donors (Lipinski definition) is 1. The van der Waals surface area contributed by atoms with Crippen LogP contribution in [0.2, 0.25) is 0 Å². The molecule has 7 heteroatoms. The molecule has 1 amide bonds. The van der Waals surface area contributed by atoms with Gasteiger partial charge in [0, 0.05) is 12.6 Å². The maximum atomic E-state index is 13.0. The molecule has 0 bridgehead atoms. The van der Waals surface area contributed by atoms with Crippen LogP contribution in [0.15, 0.2) is 54.6 Å². The Kier molecular flexibility index (Phi) is 7.16. The summed E-state index contributed by atoms with van der Waals surface area (Å²) in [7, 11) is -3.40. The van der Waals surface area contributed by atoms with E-state index in [1.807, 2.05) is 30.3 Å². The number of hydrogen-bond acceptors (Lipinski definition) is 4. The van der Waals surface area contributed by atoms with Gasteiger partial charge in [-0.15, -0.1) is 0 Å². The van der Waals surface area contributed by atoms with Crippen LogP contribution in [0.3, 0.4) is 0 Å². The van der Waals surface area contributed by atoms with Crippen molar-refractivity contribution in [3.8, 4) is 11.1 Å². The summed E-state index contributed by atoms with van der Waals surface area (Å²) < 4.78 is 32.5. The molecule has 1 aliphatic carbocycles. The van der Waals surface area contributed by atoms with E-state index in [0.29, 0.717) is 31.9 Å². The van der Waals surface area contributed by atoms with E-state index in [1.165, 1.54) is 12.7 Å². The summed E-state index contributed by atoms with van der Waals surface area (Å²) in [4.78, 5) is 14.7. The first-order valence-corrected chi connectivity index (χ1v) is 13.3. The summed E-state index contributed by atoms with van der Waals surface area (Å²) in [5, 5.41) is 0. The summed E-state index contributed by atoms with van der Waals surface area (Å²) in [5.74, 6) is 0.467. The third-order valence-corrected chi connectivity index (χ3v) is 7.26. The number of sulfonamides is 1. The van der Waals surface area contributed by atoms with Gasteiger partial charge < -0.3 is 9.64 Å². The zero-order valence-electron chi connectivity index (χ0n) is 18.6. The van der Waals surface area contributed by atoms with E-state index in [2.05, 4.69) is 29.0 Å². The Morgan fingerprint density at radius 3 is 2.47 bits per heavy atom. The molecule has 2 aliphatic rings. The Hall–Kier alpha value is -2.38. The van der Waals surface area contributed by atoms with Crippen LogP contribution in [-0.2, 0) is 21.2 Å². The van der Waals surface area contributed by atoms with E-state index in [9.17, 15) is 13.2 Å². The van der Waals surface area contributed by atoms with E-state index in [4.69, 9.17) is 4.74 Å². The molecule has 6 nitrogen and oxygen atoms in total. The first-order valence-electron chi connectivity index (χ1n) is 11.4. The molecule has 1 aliphatic heterocycles. The molecule has 1 saturated carbocycles. The molecule has 2 aromatic rings. The molecule has 2 atom stereocenters. The van der Waals surface area contributed by atoms with Gasteiger partial charge in [0.05, 0.1) is 18.9 Å². The molecular formula is C25H32N2O4S. The molecule has 2 fully saturated rings. The molecule has 32 heavy (non-hydrogen) atoms. The van der Waals surface area contributed by atoms with Crippen molar-refractivity contribution >= 4 is 16.1 Å². The number of benzene rings is 2. The Morgan fingerprint density at radius 1 is 1.03 bits per heavy atom. The Balaban J connectivity index is 1.55. The minimum atomic E-state index is -3.40. The van der Waals surface area contributed by atoms with Crippen molar-refractivity contribution in [1.82, 2.24) is 9.62 Å². The molecule has 1 saturated heterocycles. The number of carbonyl (C=O) groups is 1. The molecular weight excluding hydrogens is 424 g/mol. The fourth-order valence-corrected chi connectivity index (χ4v) is 5.45. The van der Waals surface area contributed by atoms with Crippen molar-refractivity contribution in [2.24, 2.45) is 5.92 Å². The SMILES string of the molecule is CS(=O)(=O)NC1CCCN(C(=O)OCC2CCC2)C1Cc1cccc(-c2ccccc2)c1. The van der Waals surface area contributed by atoms with Crippen LogP contribution < -0.4 is 4.72 Å². The number of carbonyl (C=O) groups excluding carboxylic acids is 1. The highest BCUT2D eigenvalue weighted by molar-refractivity contribution is 7.88. The summed E-state index contributed by atoms with van der Waals surface area (Å²) in [6.45, 7) is 1.03. The lowest BCUT2D eigenvalue weighted by molar-refractivity contribution is 0.0447. The van der Waals surface area contributed by atoms with Gasteiger partial charge in [0.2, 0.25) is 10.0 Å². The van der Waals surface area contributed by atoms with Gasteiger partial charge in [-0.2, -0.15) is 0 Å². The van der Waals surface area contributed by atoms with Gasteiger partial charge in [0.25, 0.3) is 0 Å². The van der Waals surface area contributed by atoms with Gasteiger partial charge in [0.1, 0.15) is 0 Å².